The first-order valence-electron chi connectivity index (χ1n) is 9.46. The van der Waals surface area contributed by atoms with Gasteiger partial charge in [0.25, 0.3) is 0 Å². The number of hydrogen-bond donors (Lipinski definition) is 1. The smallest absolute Gasteiger partial charge is 0.165 e. The summed E-state index contributed by atoms with van der Waals surface area (Å²) in [6.45, 7) is 8.63. The molecule has 1 N–H and O–H groups in total. The van der Waals surface area contributed by atoms with Crippen LogP contribution in [0.15, 0.2) is 5.38 Å². The van der Waals surface area contributed by atoms with Crippen molar-refractivity contribution in [2.45, 2.75) is 65.8 Å². The minimum Gasteiger partial charge on any atom is -0.367 e. The molecule has 0 aliphatic heterocycles. The molecule has 3 heterocycles. The van der Waals surface area contributed by atoms with Crippen LogP contribution in [-0.4, -0.2) is 20.6 Å². The summed E-state index contributed by atoms with van der Waals surface area (Å²) in [7, 11) is 0. The largest absolute Gasteiger partial charge is 0.367 e. The van der Waals surface area contributed by atoms with E-state index < -0.39 is 0 Å². The van der Waals surface area contributed by atoms with Gasteiger partial charge in [-0.2, -0.15) is 9.61 Å². The van der Waals surface area contributed by atoms with Gasteiger partial charge in [0.05, 0.1) is 11.3 Å². The third kappa shape index (κ3) is 3.34. The Balaban J connectivity index is 0.00000210. The van der Waals surface area contributed by atoms with E-state index in [2.05, 4.69) is 38.4 Å². The molecule has 0 radical (unpaired) electrons. The maximum Gasteiger partial charge on any atom is 0.165 e. The second kappa shape index (κ2) is 7.98. The third-order valence-corrected chi connectivity index (χ3v) is 6.81. The Bertz CT molecular complexity index is 953. The summed E-state index contributed by atoms with van der Waals surface area (Å²) in [5, 5.41) is 10.8. The predicted molar refractivity (Wildman–Crippen MR) is 118 cm³/mol. The molecule has 0 saturated carbocycles. The average molecular weight is 425 g/mol. The Morgan fingerprint density at radius 3 is 2.59 bits per heavy atom. The highest BCUT2D eigenvalue weighted by molar-refractivity contribution is 7.15. The molecule has 3 aromatic heterocycles. The fraction of sp³-hybridized carbons (Fsp3) is 0.500. The van der Waals surface area contributed by atoms with Crippen molar-refractivity contribution >= 4 is 46.8 Å². The Morgan fingerprint density at radius 2 is 1.96 bits per heavy atom. The van der Waals surface area contributed by atoms with Crippen LogP contribution >= 0.6 is 35.3 Å². The van der Waals surface area contributed by atoms with Crippen molar-refractivity contribution in [2.24, 2.45) is 0 Å². The van der Waals surface area contributed by atoms with Gasteiger partial charge in [0, 0.05) is 22.9 Å². The lowest BCUT2D eigenvalue weighted by molar-refractivity contribution is 0.661. The van der Waals surface area contributed by atoms with Crippen LogP contribution in [0.25, 0.3) is 16.8 Å². The molecular weight excluding hydrogens is 399 g/mol. The maximum absolute atomic E-state index is 6.53. The number of halogens is 2. The van der Waals surface area contributed by atoms with Gasteiger partial charge in [0.15, 0.2) is 5.65 Å². The number of nitrogens with zero attached hydrogens (tertiary/aromatic N) is 3. The molecule has 0 amide bonds. The first-order valence-corrected chi connectivity index (χ1v) is 10.7. The highest BCUT2D eigenvalue weighted by Crippen LogP contribution is 2.41. The van der Waals surface area contributed by atoms with Crippen LogP contribution in [-0.2, 0) is 12.8 Å². The van der Waals surface area contributed by atoms with Gasteiger partial charge >= 0.3 is 0 Å². The van der Waals surface area contributed by atoms with Crippen LogP contribution in [0.2, 0.25) is 4.34 Å². The van der Waals surface area contributed by atoms with Crippen molar-refractivity contribution in [1.82, 2.24) is 14.6 Å². The number of rotatable bonds is 5. The third-order valence-electron chi connectivity index (χ3n) is 5.47. The van der Waals surface area contributed by atoms with Gasteiger partial charge in [-0.3, -0.25) is 0 Å². The summed E-state index contributed by atoms with van der Waals surface area (Å²) in [6.07, 6.45) is 5.48. The SMILES string of the molecule is CCC(CC)Nc1c2c(nc3c(-c4c(C)csc4Cl)c(C)nn13)CCC2.Cl. The van der Waals surface area contributed by atoms with Crippen molar-refractivity contribution in [3.63, 3.8) is 0 Å². The minimum atomic E-state index is 0. The van der Waals surface area contributed by atoms with E-state index in [9.17, 15) is 0 Å². The lowest BCUT2D eigenvalue weighted by atomic mass is 10.1. The second-order valence-electron chi connectivity index (χ2n) is 7.16. The van der Waals surface area contributed by atoms with E-state index in [0.717, 1.165) is 58.3 Å². The van der Waals surface area contributed by atoms with E-state index in [4.69, 9.17) is 21.7 Å². The zero-order valence-corrected chi connectivity index (χ0v) is 18.6. The molecule has 1 aliphatic rings. The molecule has 7 heteroatoms. The van der Waals surface area contributed by atoms with Crippen molar-refractivity contribution in [3.8, 4) is 11.1 Å². The van der Waals surface area contributed by atoms with Crippen LogP contribution in [0, 0.1) is 13.8 Å². The standard InChI is InChI=1S/C20H25ClN4S.ClH/c1-5-13(6-2)22-19-14-8-7-9-15(14)23-20-17(12(4)24-25(19)20)16-11(3)10-26-18(16)21;/h10,13,22H,5-9H2,1-4H3;1H. The average Bonchev–Trinajstić information content (AvgIpc) is 3.30. The van der Waals surface area contributed by atoms with Gasteiger partial charge in [0.2, 0.25) is 0 Å². The van der Waals surface area contributed by atoms with E-state index >= 15 is 0 Å². The number of nitrogens with one attached hydrogen (secondary N) is 1. The van der Waals surface area contributed by atoms with E-state index in [1.165, 1.54) is 23.2 Å². The lowest BCUT2D eigenvalue weighted by Gasteiger charge is -2.19. The van der Waals surface area contributed by atoms with Crippen LogP contribution < -0.4 is 5.32 Å². The summed E-state index contributed by atoms with van der Waals surface area (Å²) in [6, 6.07) is 0.449. The molecule has 0 bridgehead atoms. The molecule has 0 fully saturated rings. The number of aryl methyl sites for hydroxylation is 3. The van der Waals surface area contributed by atoms with E-state index in [1.54, 1.807) is 11.3 Å². The van der Waals surface area contributed by atoms with E-state index in [-0.39, 0.29) is 12.4 Å². The highest BCUT2D eigenvalue weighted by Gasteiger charge is 2.26. The molecule has 0 saturated heterocycles. The first-order chi connectivity index (χ1) is 12.5. The van der Waals surface area contributed by atoms with Gasteiger partial charge in [-0.05, 0) is 56.9 Å². The Morgan fingerprint density at radius 1 is 1.22 bits per heavy atom. The zero-order chi connectivity index (χ0) is 18.4. The summed E-state index contributed by atoms with van der Waals surface area (Å²) >= 11 is 8.11. The molecule has 146 valence electrons. The molecule has 27 heavy (non-hydrogen) atoms. The van der Waals surface area contributed by atoms with E-state index in [0.29, 0.717) is 6.04 Å². The monoisotopic (exact) mass is 424 g/mol. The fourth-order valence-electron chi connectivity index (χ4n) is 3.97. The summed E-state index contributed by atoms with van der Waals surface area (Å²) in [4.78, 5) is 5.04. The topological polar surface area (TPSA) is 42.2 Å². The van der Waals surface area contributed by atoms with Crippen molar-refractivity contribution < 1.29 is 0 Å². The molecule has 4 rings (SSSR count). The Kier molecular flexibility index (Phi) is 6.04. The van der Waals surface area contributed by atoms with Crippen LogP contribution in [0.3, 0.4) is 0 Å². The second-order valence-corrected chi connectivity index (χ2v) is 8.64. The molecule has 1 aliphatic carbocycles. The molecule has 0 unspecified atom stereocenters. The Hall–Kier alpha value is -1.30. The van der Waals surface area contributed by atoms with Crippen LogP contribution in [0.4, 0.5) is 5.82 Å². The molecule has 0 atom stereocenters. The number of thiophene rings is 1. The number of fused-ring (bicyclic) bond motifs is 2. The highest BCUT2D eigenvalue weighted by atomic mass is 35.5. The quantitative estimate of drug-likeness (QED) is 0.526. The minimum absolute atomic E-state index is 0. The molecular formula is C20H26Cl2N4S. The molecule has 4 nitrogen and oxygen atoms in total. The van der Waals surface area contributed by atoms with E-state index in [1.807, 2.05) is 4.52 Å². The lowest BCUT2D eigenvalue weighted by Crippen LogP contribution is -2.21. The number of aromatic nitrogens is 3. The van der Waals surface area contributed by atoms with Crippen molar-refractivity contribution in [1.29, 1.82) is 0 Å². The zero-order valence-electron chi connectivity index (χ0n) is 16.2. The summed E-state index contributed by atoms with van der Waals surface area (Å²) < 4.78 is 2.85. The number of hydrogen-bond acceptors (Lipinski definition) is 4. The Labute approximate surface area is 175 Å². The van der Waals surface area contributed by atoms with Crippen molar-refractivity contribution in [2.75, 3.05) is 5.32 Å². The molecule has 0 spiro atoms. The van der Waals surface area contributed by atoms with Crippen LogP contribution in [0.1, 0.15) is 55.6 Å². The maximum atomic E-state index is 6.53. The molecule has 0 aromatic carbocycles. The van der Waals surface area contributed by atoms with Gasteiger partial charge < -0.3 is 5.32 Å². The van der Waals surface area contributed by atoms with Crippen molar-refractivity contribution in [3.05, 3.63) is 32.2 Å². The number of anilines is 1. The summed E-state index contributed by atoms with van der Waals surface area (Å²) in [5.41, 5.74) is 7.83. The normalized spacial score (nSPS) is 13.3. The summed E-state index contributed by atoms with van der Waals surface area (Å²) in [5.74, 6) is 1.13. The predicted octanol–water partition coefficient (Wildman–Crippen LogP) is 6.24. The fourth-order valence-corrected chi connectivity index (χ4v) is 5.13. The first kappa shape index (κ1) is 20.4. The van der Waals surface area contributed by atoms with Gasteiger partial charge in [0.1, 0.15) is 10.2 Å². The van der Waals surface area contributed by atoms with Crippen LogP contribution in [0.5, 0.6) is 0 Å². The van der Waals surface area contributed by atoms with Gasteiger partial charge in [-0.25, -0.2) is 4.98 Å². The van der Waals surface area contributed by atoms with Gasteiger partial charge in [-0.1, -0.05) is 25.4 Å². The van der Waals surface area contributed by atoms with Gasteiger partial charge in [-0.15, -0.1) is 23.7 Å². The molecule has 3 aromatic rings.